The zero-order valence-electron chi connectivity index (χ0n) is 12.4. The number of anilines is 1. The first-order valence-electron chi connectivity index (χ1n) is 7.20. The van der Waals surface area contributed by atoms with E-state index in [9.17, 15) is 4.79 Å². The van der Waals surface area contributed by atoms with Crippen LogP contribution in [0.2, 0.25) is 0 Å². The molecule has 5 nitrogen and oxygen atoms in total. The molecule has 0 spiro atoms. The summed E-state index contributed by atoms with van der Waals surface area (Å²) in [6, 6.07) is 12.1. The maximum Gasteiger partial charge on any atom is 0.320 e. The molecule has 1 aromatic carbocycles. The van der Waals surface area contributed by atoms with Gasteiger partial charge in [-0.1, -0.05) is 30.3 Å². The lowest BCUT2D eigenvalue weighted by atomic mass is 9.96. The molecule has 1 aliphatic rings. The lowest BCUT2D eigenvalue weighted by Gasteiger charge is -2.16. The van der Waals surface area contributed by atoms with Gasteiger partial charge in [-0.25, -0.2) is 4.79 Å². The van der Waals surface area contributed by atoms with Crippen LogP contribution in [-0.4, -0.2) is 22.4 Å². The van der Waals surface area contributed by atoms with E-state index < -0.39 is 0 Å². The van der Waals surface area contributed by atoms with Crippen LogP contribution in [0.15, 0.2) is 36.4 Å². The number of nitrogens with zero attached hydrogens (tertiary/aromatic N) is 2. The van der Waals surface area contributed by atoms with Crippen LogP contribution in [0, 0.1) is 6.92 Å². The highest BCUT2D eigenvalue weighted by Gasteiger charge is 2.44. The third-order valence-corrected chi connectivity index (χ3v) is 4.07. The molecule has 110 valence electrons. The minimum atomic E-state index is -0.180. The van der Waals surface area contributed by atoms with Crippen LogP contribution < -0.4 is 10.6 Å². The first kappa shape index (κ1) is 13.7. The summed E-state index contributed by atoms with van der Waals surface area (Å²) in [5.74, 6) is 0.703. The molecule has 1 fully saturated rings. The molecule has 5 heteroatoms. The summed E-state index contributed by atoms with van der Waals surface area (Å²) in [7, 11) is 1.81. The van der Waals surface area contributed by atoms with Gasteiger partial charge in [-0.05, 0) is 25.3 Å². The number of hydrogen-bond donors (Lipinski definition) is 2. The third kappa shape index (κ3) is 2.91. The number of carbonyl (C=O) groups excluding carboxylic acids is 1. The second-order valence-corrected chi connectivity index (χ2v) is 5.75. The first-order valence-corrected chi connectivity index (χ1v) is 7.20. The topological polar surface area (TPSA) is 59.0 Å². The lowest BCUT2D eigenvalue weighted by Crippen LogP contribution is -2.35. The van der Waals surface area contributed by atoms with Crippen LogP contribution in [0.4, 0.5) is 10.6 Å². The molecule has 0 atom stereocenters. The van der Waals surface area contributed by atoms with E-state index in [4.69, 9.17) is 0 Å². The van der Waals surface area contributed by atoms with Crippen molar-refractivity contribution in [2.75, 3.05) is 11.9 Å². The van der Waals surface area contributed by atoms with Crippen molar-refractivity contribution in [2.24, 2.45) is 7.05 Å². The number of rotatable bonds is 4. The second-order valence-electron chi connectivity index (χ2n) is 5.75. The van der Waals surface area contributed by atoms with Crippen molar-refractivity contribution in [3.63, 3.8) is 0 Å². The Morgan fingerprint density at radius 3 is 2.62 bits per heavy atom. The third-order valence-electron chi connectivity index (χ3n) is 4.07. The Bertz CT molecular complexity index is 644. The number of nitrogens with one attached hydrogen (secondary N) is 2. The SMILES string of the molecule is Cc1cc(NC(=O)NCC2(c3ccccc3)CC2)n(C)n1. The number of aryl methyl sites for hydroxylation is 2. The fourth-order valence-electron chi connectivity index (χ4n) is 2.65. The van der Waals surface area contributed by atoms with Gasteiger partial charge in [-0.15, -0.1) is 0 Å². The van der Waals surface area contributed by atoms with E-state index in [-0.39, 0.29) is 11.4 Å². The Kier molecular flexibility index (Phi) is 3.41. The smallest absolute Gasteiger partial charge is 0.320 e. The number of benzene rings is 1. The predicted octanol–water partition coefficient (Wildman–Crippen LogP) is 2.58. The normalized spacial score (nSPS) is 15.5. The quantitative estimate of drug-likeness (QED) is 0.906. The van der Waals surface area contributed by atoms with Gasteiger partial charge in [0.1, 0.15) is 5.82 Å². The standard InChI is InChI=1S/C16H20N4O/c1-12-10-14(20(2)19-12)18-15(21)17-11-16(8-9-16)13-6-4-3-5-7-13/h3-7,10H,8-9,11H2,1-2H3,(H2,17,18,21). The van der Waals surface area contributed by atoms with Crippen molar-refractivity contribution in [3.05, 3.63) is 47.7 Å². The molecule has 21 heavy (non-hydrogen) atoms. The number of aromatic nitrogens is 2. The summed E-state index contributed by atoms with van der Waals surface area (Å²) in [5, 5.41) is 10.0. The summed E-state index contributed by atoms with van der Waals surface area (Å²) >= 11 is 0. The number of hydrogen-bond acceptors (Lipinski definition) is 2. The number of urea groups is 1. The van der Waals surface area contributed by atoms with Crippen molar-refractivity contribution in [3.8, 4) is 0 Å². The first-order chi connectivity index (χ1) is 10.1. The highest BCUT2D eigenvalue weighted by molar-refractivity contribution is 5.88. The van der Waals surface area contributed by atoms with Crippen LogP contribution in [0.25, 0.3) is 0 Å². The molecular weight excluding hydrogens is 264 g/mol. The molecule has 0 aliphatic heterocycles. The van der Waals surface area contributed by atoms with E-state index in [1.54, 1.807) is 4.68 Å². The molecule has 2 aromatic rings. The summed E-state index contributed by atoms with van der Waals surface area (Å²) < 4.78 is 1.67. The van der Waals surface area contributed by atoms with Crippen molar-refractivity contribution in [1.82, 2.24) is 15.1 Å². The molecule has 2 N–H and O–H groups in total. The van der Waals surface area contributed by atoms with Crippen molar-refractivity contribution in [2.45, 2.75) is 25.2 Å². The summed E-state index contributed by atoms with van der Waals surface area (Å²) in [6.45, 7) is 2.57. The van der Waals surface area contributed by atoms with E-state index in [2.05, 4.69) is 27.9 Å². The lowest BCUT2D eigenvalue weighted by molar-refractivity contribution is 0.251. The van der Waals surface area contributed by atoms with Crippen LogP contribution >= 0.6 is 0 Å². The van der Waals surface area contributed by atoms with Gasteiger partial charge in [0.05, 0.1) is 5.69 Å². The van der Waals surface area contributed by atoms with E-state index in [0.717, 1.165) is 18.5 Å². The number of amides is 2. The molecule has 0 bridgehead atoms. The van der Waals surface area contributed by atoms with Gasteiger partial charge in [0.25, 0.3) is 0 Å². The van der Waals surface area contributed by atoms with Gasteiger partial charge in [-0.3, -0.25) is 10.00 Å². The Morgan fingerprint density at radius 1 is 1.33 bits per heavy atom. The second kappa shape index (κ2) is 5.24. The van der Waals surface area contributed by atoms with Gasteiger partial charge < -0.3 is 5.32 Å². The van der Waals surface area contributed by atoms with E-state index in [0.29, 0.717) is 12.4 Å². The fourth-order valence-corrected chi connectivity index (χ4v) is 2.65. The monoisotopic (exact) mass is 284 g/mol. The Hall–Kier alpha value is -2.30. The molecule has 1 aliphatic carbocycles. The molecular formula is C16H20N4O. The minimum Gasteiger partial charge on any atom is -0.337 e. The molecule has 1 saturated carbocycles. The molecule has 1 aromatic heterocycles. The van der Waals surface area contributed by atoms with Gasteiger partial charge in [-0.2, -0.15) is 5.10 Å². The highest BCUT2D eigenvalue weighted by atomic mass is 16.2. The maximum absolute atomic E-state index is 12.0. The molecule has 1 heterocycles. The van der Waals surface area contributed by atoms with Crippen molar-refractivity contribution in [1.29, 1.82) is 0 Å². The number of carbonyl (C=O) groups is 1. The van der Waals surface area contributed by atoms with Crippen LogP contribution in [-0.2, 0) is 12.5 Å². The van der Waals surface area contributed by atoms with Crippen LogP contribution in [0.1, 0.15) is 24.1 Å². The van der Waals surface area contributed by atoms with Crippen molar-refractivity contribution >= 4 is 11.8 Å². The van der Waals surface area contributed by atoms with Gasteiger partial charge in [0.15, 0.2) is 0 Å². The molecule has 3 rings (SSSR count). The predicted molar refractivity (Wildman–Crippen MR) is 82.3 cm³/mol. The summed E-state index contributed by atoms with van der Waals surface area (Å²) in [4.78, 5) is 12.0. The van der Waals surface area contributed by atoms with E-state index in [1.165, 1.54) is 5.56 Å². The minimum absolute atomic E-state index is 0.126. The zero-order chi connectivity index (χ0) is 14.9. The van der Waals surface area contributed by atoms with Crippen LogP contribution in [0.5, 0.6) is 0 Å². The molecule has 2 amide bonds. The van der Waals surface area contributed by atoms with Crippen LogP contribution in [0.3, 0.4) is 0 Å². The molecule has 0 saturated heterocycles. The van der Waals surface area contributed by atoms with Gasteiger partial charge in [0.2, 0.25) is 0 Å². The van der Waals surface area contributed by atoms with E-state index >= 15 is 0 Å². The average Bonchev–Trinajstić information content (AvgIpc) is 3.20. The van der Waals surface area contributed by atoms with Gasteiger partial charge >= 0.3 is 6.03 Å². The van der Waals surface area contributed by atoms with Crippen molar-refractivity contribution < 1.29 is 4.79 Å². The Labute approximate surface area is 124 Å². The van der Waals surface area contributed by atoms with E-state index in [1.807, 2.05) is 38.2 Å². The maximum atomic E-state index is 12.0. The van der Waals surface area contributed by atoms with Gasteiger partial charge in [0, 0.05) is 25.1 Å². The molecule has 0 unspecified atom stereocenters. The Morgan fingerprint density at radius 2 is 2.05 bits per heavy atom. The average molecular weight is 284 g/mol. The fraction of sp³-hybridized carbons (Fsp3) is 0.375. The summed E-state index contributed by atoms with van der Waals surface area (Å²) in [6.07, 6.45) is 2.25. The summed E-state index contributed by atoms with van der Waals surface area (Å²) in [5.41, 5.74) is 2.32. The highest BCUT2D eigenvalue weighted by Crippen LogP contribution is 2.47. The Balaban J connectivity index is 1.58. The zero-order valence-corrected chi connectivity index (χ0v) is 12.4. The molecule has 0 radical (unpaired) electrons. The largest absolute Gasteiger partial charge is 0.337 e.